The minimum absolute atomic E-state index is 0.00685. The Morgan fingerprint density at radius 1 is 1.43 bits per heavy atom. The van der Waals surface area contributed by atoms with Gasteiger partial charge in [0.15, 0.2) is 0 Å². The van der Waals surface area contributed by atoms with Gasteiger partial charge >= 0.3 is 0 Å². The number of aromatic nitrogens is 2. The van der Waals surface area contributed by atoms with Gasteiger partial charge in [0.25, 0.3) is 0 Å². The van der Waals surface area contributed by atoms with Crippen LogP contribution in [0.4, 0.5) is 0 Å². The fourth-order valence-corrected chi connectivity index (χ4v) is 2.61. The zero-order valence-corrected chi connectivity index (χ0v) is 13.2. The van der Waals surface area contributed by atoms with Crippen LogP contribution in [-0.2, 0) is 22.7 Å². The maximum absolute atomic E-state index is 12.7. The van der Waals surface area contributed by atoms with Crippen LogP contribution in [-0.4, -0.2) is 38.6 Å². The number of carbonyl (C=O) groups is 2. The Hall–Kier alpha value is -1.85. The second kappa shape index (κ2) is 6.28. The van der Waals surface area contributed by atoms with Crippen molar-refractivity contribution in [2.45, 2.75) is 59.3 Å². The number of amides is 2. The molecule has 0 bridgehead atoms. The Labute approximate surface area is 125 Å². The zero-order valence-electron chi connectivity index (χ0n) is 13.2. The Morgan fingerprint density at radius 2 is 2.14 bits per heavy atom. The van der Waals surface area contributed by atoms with Crippen LogP contribution >= 0.6 is 0 Å². The van der Waals surface area contributed by atoms with Crippen molar-refractivity contribution < 1.29 is 9.59 Å². The molecular weight excluding hydrogens is 268 g/mol. The van der Waals surface area contributed by atoms with Gasteiger partial charge in [0.2, 0.25) is 11.8 Å². The molecule has 1 aliphatic heterocycles. The molecule has 2 heterocycles. The fourth-order valence-electron chi connectivity index (χ4n) is 2.61. The van der Waals surface area contributed by atoms with Crippen molar-refractivity contribution >= 4 is 11.8 Å². The highest BCUT2D eigenvalue weighted by atomic mass is 16.2. The van der Waals surface area contributed by atoms with E-state index in [9.17, 15) is 9.59 Å². The molecule has 1 aromatic heterocycles. The minimum Gasteiger partial charge on any atom is -0.344 e. The number of carbonyl (C=O) groups excluding carboxylic acids is 2. The van der Waals surface area contributed by atoms with E-state index in [0.717, 1.165) is 12.1 Å². The van der Waals surface area contributed by atoms with Gasteiger partial charge in [-0.3, -0.25) is 14.3 Å². The summed E-state index contributed by atoms with van der Waals surface area (Å²) in [6, 6.07) is -0.546. The Bertz CT molecular complexity index is 523. The molecule has 2 unspecified atom stereocenters. The van der Waals surface area contributed by atoms with Crippen molar-refractivity contribution in [2.75, 3.05) is 0 Å². The van der Waals surface area contributed by atoms with Gasteiger partial charge in [-0.1, -0.05) is 13.8 Å². The number of rotatable bonds is 4. The van der Waals surface area contributed by atoms with E-state index in [0.29, 0.717) is 13.0 Å². The first kappa shape index (κ1) is 15.5. The molecular formula is C15H24N4O2. The van der Waals surface area contributed by atoms with Crippen LogP contribution in [0.3, 0.4) is 0 Å². The third kappa shape index (κ3) is 3.43. The molecule has 1 aliphatic rings. The summed E-state index contributed by atoms with van der Waals surface area (Å²) in [4.78, 5) is 26.4. The Balaban J connectivity index is 2.21. The summed E-state index contributed by atoms with van der Waals surface area (Å²) in [7, 11) is 0. The molecule has 0 aliphatic carbocycles. The SMILES string of the molecule is CCn1cc(CN2C(=O)C(C(C)C)NC(=O)CC2C)cn1. The van der Waals surface area contributed by atoms with Crippen molar-refractivity contribution in [3.63, 3.8) is 0 Å². The van der Waals surface area contributed by atoms with Gasteiger partial charge in [0.05, 0.1) is 6.20 Å². The van der Waals surface area contributed by atoms with Gasteiger partial charge in [0, 0.05) is 37.3 Å². The van der Waals surface area contributed by atoms with Crippen molar-refractivity contribution in [1.82, 2.24) is 20.0 Å². The van der Waals surface area contributed by atoms with E-state index in [2.05, 4.69) is 10.4 Å². The molecule has 0 radical (unpaired) electrons. The molecule has 1 fully saturated rings. The zero-order chi connectivity index (χ0) is 15.6. The van der Waals surface area contributed by atoms with Crippen molar-refractivity contribution in [3.05, 3.63) is 18.0 Å². The number of aryl methyl sites for hydroxylation is 1. The molecule has 6 nitrogen and oxygen atoms in total. The lowest BCUT2D eigenvalue weighted by molar-refractivity contribution is -0.136. The fraction of sp³-hybridized carbons (Fsp3) is 0.667. The Morgan fingerprint density at radius 3 is 2.71 bits per heavy atom. The molecule has 116 valence electrons. The van der Waals surface area contributed by atoms with Crippen LogP contribution in [0.25, 0.3) is 0 Å². The standard InChI is InChI=1S/C15H24N4O2/c1-5-18-8-12(7-16-18)9-19-11(4)6-13(20)17-14(10(2)3)15(19)21/h7-8,10-11,14H,5-6,9H2,1-4H3,(H,17,20). The van der Waals surface area contributed by atoms with Crippen LogP contribution in [0.1, 0.15) is 39.7 Å². The maximum Gasteiger partial charge on any atom is 0.245 e. The molecule has 6 heteroatoms. The highest BCUT2D eigenvalue weighted by molar-refractivity contribution is 5.90. The second-order valence-corrected chi connectivity index (χ2v) is 6.01. The molecule has 0 aromatic carbocycles. The van der Waals surface area contributed by atoms with Gasteiger partial charge in [-0.25, -0.2) is 0 Å². The number of nitrogens with one attached hydrogen (secondary N) is 1. The molecule has 21 heavy (non-hydrogen) atoms. The van der Waals surface area contributed by atoms with E-state index in [1.54, 1.807) is 11.1 Å². The molecule has 1 N–H and O–H groups in total. The summed E-state index contributed by atoms with van der Waals surface area (Å²) < 4.78 is 1.84. The van der Waals surface area contributed by atoms with Crippen LogP contribution in [0, 0.1) is 5.92 Å². The monoisotopic (exact) mass is 292 g/mol. The lowest BCUT2D eigenvalue weighted by Crippen LogP contribution is -2.48. The van der Waals surface area contributed by atoms with Crippen molar-refractivity contribution in [2.24, 2.45) is 5.92 Å². The van der Waals surface area contributed by atoms with Crippen LogP contribution in [0.5, 0.6) is 0 Å². The van der Waals surface area contributed by atoms with E-state index in [-0.39, 0.29) is 23.8 Å². The maximum atomic E-state index is 12.7. The lowest BCUT2D eigenvalue weighted by Gasteiger charge is -2.29. The first-order valence-electron chi connectivity index (χ1n) is 7.53. The summed E-state index contributed by atoms with van der Waals surface area (Å²) in [5.41, 5.74) is 0.994. The summed E-state index contributed by atoms with van der Waals surface area (Å²) in [5, 5.41) is 7.08. The van der Waals surface area contributed by atoms with Crippen LogP contribution in [0.15, 0.2) is 12.4 Å². The Kier molecular flexibility index (Phi) is 4.65. The summed E-state index contributed by atoms with van der Waals surface area (Å²) in [5.74, 6) is 0.0153. The van der Waals surface area contributed by atoms with Crippen LogP contribution < -0.4 is 5.32 Å². The summed E-state index contributed by atoms with van der Waals surface area (Å²) in [6.07, 6.45) is 4.08. The first-order valence-corrected chi connectivity index (χ1v) is 7.53. The van der Waals surface area contributed by atoms with Crippen molar-refractivity contribution in [1.29, 1.82) is 0 Å². The molecule has 1 saturated heterocycles. The van der Waals surface area contributed by atoms with E-state index in [1.807, 2.05) is 38.6 Å². The second-order valence-electron chi connectivity index (χ2n) is 6.01. The van der Waals surface area contributed by atoms with Gasteiger partial charge in [-0.15, -0.1) is 0 Å². The smallest absolute Gasteiger partial charge is 0.245 e. The third-order valence-corrected chi connectivity index (χ3v) is 3.91. The number of hydrogen-bond acceptors (Lipinski definition) is 3. The van der Waals surface area contributed by atoms with Gasteiger partial charge in [0.1, 0.15) is 6.04 Å². The molecule has 2 atom stereocenters. The normalized spacial score (nSPS) is 23.4. The molecule has 0 saturated carbocycles. The molecule has 1 aromatic rings. The predicted molar refractivity (Wildman–Crippen MR) is 79.3 cm³/mol. The molecule has 2 rings (SSSR count). The van der Waals surface area contributed by atoms with E-state index >= 15 is 0 Å². The third-order valence-electron chi connectivity index (χ3n) is 3.91. The quantitative estimate of drug-likeness (QED) is 0.905. The number of hydrogen-bond donors (Lipinski definition) is 1. The lowest BCUT2D eigenvalue weighted by atomic mass is 10.0. The topological polar surface area (TPSA) is 67.2 Å². The van der Waals surface area contributed by atoms with Gasteiger partial charge in [-0.2, -0.15) is 5.10 Å². The van der Waals surface area contributed by atoms with Crippen LogP contribution in [0.2, 0.25) is 0 Å². The van der Waals surface area contributed by atoms with E-state index in [4.69, 9.17) is 0 Å². The summed E-state index contributed by atoms with van der Waals surface area (Å²) in [6.45, 7) is 9.15. The van der Waals surface area contributed by atoms with E-state index < -0.39 is 6.04 Å². The summed E-state index contributed by atoms with van der Waals surface area (Å²) >= 11 is 0. The molecule has 0 spiro atoms. The van der Waals surface area contributed by atoms with Gasteiger partial charge < -0.3 is 10.2 Å². The van der Waals surface area contributed by atoms with E-state index in [1.165, 1.54) is 0 Å². The average molecular weight is 292 g/mol. The highest BCUT2D eigenvalue weighted by Crippen LogP contribution is 2.18. The van der Waals surface area contributed by atoms with Gasteiger partial charge in [-0.05, 0) is 19.8 Å². The largest absolute Gasteiger partial charge is 0.344 e. The number of nitrogens with zero attached hydrogens (tertiary/aromatic N) is 3. The predicted octanol–water partition coefficient (Wildman–Crippen LogP) is 1.16. The molecule has 2 amide bonds. The first-order chi connectivity index (χ1) is 9.92. The average Bonchev–Trinajstić information content (AvgIpc) is 2.84. The van der Waals surface area contributed by atoms with Crippen molar-refractivity contribution in [3.8, 4) is 0 Å². The highest BCUT2D eigenvalue weighted by Gasteiger charge is 2.35. The minimum atomic E-state index is -0.441.